The smallest absolute Gasteiger partial charge is 0.315 e. The molecule has 3 atom stereocenters. The molecule has 1 saturated carbocycles. The number of fused-ring (bicyclic) bond motifs is 1. The molecule has 1 aliphatic carbocycles. The second-order valence-corrected chi connectivity index (χ2v) is 11.4. The number of nitrogens with zero attached hydrogens (tertiary/aromatic N) is 2. The summed E-state index contributed by atoms with van der Waals surface area (Å²) < 4.78 is 5.26. The van der Waals surface area contributed by atoms with Gasteiger partial charge in [-0.1, -0.05) is 18.2 Å². The molecule has 0 bridgehead atoms. The Morgan fingerprint density at radius 1 is 1.20 bits per heavy atom. The van der Waals surface area contributed by atoms with Gasteiger partial charge in [-0.05, 0) is 58.1 Å². The van der Waals surface area contributed by atoms with Crippen LogP contribution < -0.4 is 20.9 Å². The third kappa shape index (κ3) is 6.88. The van der Waals surface area contributed by atoms with Crippen LogP contribution in [-0.2, 0) is 9.53 Å². The molecule has 3 amide bonds. The number of amides is 3. The molecule has 8 nitrogen and oxygen atoms in total. The molecule has 35 heavy (non-hydrogen) atoms. The summed E-state index contributed by atoms with van der Waals surface area (Å²) in [5.74, 6) is 0.443. The zero-order valence-electron chi connectivity index (χ0n) is 21.8. The van der Waals surface area contributed by atoms with E-state index in [9.17, 15) is 9.59 Å². The normalized spacial score (nSPS) is 24.1. The van der Waals surface area contributed by atoms with E-state index in [-0.39, 0.29) is 29.4 Å². The molecule has 2 heterocycles. The number of ether oxygens (including phenoxy) is 1. The minimum atomic E-state index is -0.292. The van der Waals surface area contributed by atoms with E-state index in [4.69, 9.17) is 4.74 Å². The molecule has 1 saturated heterocycles. The highest BCUT2D eigenvalue weighted by molar-refractivity contribution is 5.80. The maximum absolute atomic E-state index is 13.8. The van der Waals surface area contributed by atoms with E-state index >= 15 is 0 Å². The summed E-state index contributed by atoms with van der Waals surface area (Å²) in [7, 11) is 1.75. The van der Waals surface area contributed by atoms with Crippen LogP contribution in [0.1, 0.15) is 57.9 Å². The van der Waals surface area contributed by atoms with Crippen molar-refractivity contribution in [3.63, 3.8) is 0 Å². The third-order valence-corrected chi connectivity index (χ3v) is 7.15. The Morgan fingerprint density at radius 3 is 2.69 bits per heavy atom. The lowest BCUT2D eigenvalue weighted by Crippen LogP contribution is -2.56. The number of methoxy groups -OCH3 is 1. The minimum absolute atomic E-state index is 0.0513. The number of para-hydroxylation sites is 1. The summed E-state index contributed by atoms with van der Waals surface area (Å²) >= 11 is 0. The summed E-state index contributed by atoms with van der Waals surface area (Å²) in [5.41, 5.74) is 2.35. The highest BCUT2D eigenvalue weighted by atomic mass is 16.5. The van der Waals surface area contributed by atoms with E-state index < -0.39 is 0 Å². The Hall–Kier alpha value is -2.32. The molecule has 0 aromatic heterocycles. The zero-order chi connectivity index (χ0) is 25.0. The second kappa shape index (κ2) is 11.2. The van der Waals surface area contributed by atoms with Crippen molar-refractivity contribution in [1.29, 1.82) is 0 Å². The van der Waals surface area contributed by atoms with E-state index in [0.29, 0.717) is 31.5 Å². The van der Waals surface area contributed by atoms with Crippen LogP contribution in [0.25, 0.3) is 0 Å². The van der Waals surface area contributed by atoms with Crippen molar-refractivity contribution in [3.8, 4) is 0 Å². The van der Waals surface area contributed by atoms with Crippen molar-refractivity contribution in [3.05, 3.63) is 29.8 Å². The Kier molecular flexibility index (Phi) is 8.22. The molecule has 3 N–H and O–H groups in total. The number of benzene rings is 1. The van der Waals surface area contributed by atoms with E-state index in [1.165, 1.54) is 11.3 Å². The van der Waals surface area contributed by atoms with Gasteiger partial charge in [0.15, 0.2) is 0 Å². The molecule has 194 valence electrons. The number of carbonyl (C=O) groups is 2. The van der Waals surface area contributed by atoms with Crippen LogP contribution in [0.4, 0.5) is 10.5 Å². The first-order chi connectivity index (χ1) is 16.7. The standard InChI is InChI=1S/C27H43N5O3/c1-27(2,3)30-26(34)29-21-14-19(15-28-16-21)25(33)32(22-10-11-22)18-20-17-31(12-7-13-35-4)24-9-6-5-8-23(20)24/h5-6,8-9,19-22,28H,7,10-18H2,1-4H3,(H2,29,30,34)/t19-,20?,21+/m0/s1. The molecule has 3 aliphatic rings. The molecular weight excluding hydrogens is 442 g/mol. The minimum Gasteiger partial charge on any atom is -0.385 e. The lowest BCUT2D eigenvalue weighted by molar-refractivity contribution is -0.137. The molecule has 0 spiro atoms. The number of carbonyl (C=O) groups excluding carboxylic acids is 2. The molecular formula is C27H43N5O3. The number of anilines is 1. The number of nitrogens with one attached hydrogen (secondary N) is 3. The van der Waals surface area contributed by atoms with Crippen LogP contribution >= 0.6 is 0 Å². The van der Waals surface area contributed by atoms with Gasteiger partial charge in [0, 0.05) is 75.7 Å². The molecule has 4 rings (SSSR count). The van der Waals surface area contributed by atoms with Crippen LogP contribution in [0, 0.1) is 5.92 Å². The molecule has 2 aliphatic heterocycles. The first-order valence-corrected chi connectivity index (χ1v) is 13.2. The summed E-state index contributed by atoms with van der Waals surface area (Å²) in [6.07, 6.45) is 3.85. The summed E-state index contributed by atoms with van der Waals surface area (Å²) in [5, 5.41) is 9.40. The first kappa shape index (κ1) is 25.8. The second-order valence-electron chi connectivity index (χ2n) is 11.4. The van der Waals surface area contributed by atoms with Crippen molar-refractivity contribution in [2.24, 2.45) is 5.92 Å². The Labute approximate surface area is 210 Å². The lowest BCUT2D eigenvalue weighted by Gasteiger charge is -2.35. The SMILES string of the molecule is COCCCN1CC(CN(C(=O)[C@@H]2CNC[C@H](NC(=O)NC(C)(C)C)C2)C2CC2)c2ccccc21. The summed E-state index contributed by atoms with van der Waals surface area (Å²) in [6.45, 7) is 10.7. The molecule has 8 heteroatoms. The molecule has 1 aromatic carbocycles. The van der Waals surface area contributed by atoms with Gasteiger partial charge in [0.05, 0.1) is 5.92 Å². The van der Waals surface area contributed by atoms with E-state index in [2.05, 4.69) is 50.0 Å². The predicted molar refractivity (Wildman–Crippen MR) is 139 cm³/mol. The molecule has 2 fully saturated rings. The highest BCUT2D eigenvalue weighted by Gasteiger charge is 2.40. The van der Waals surface area contributed by atoms with Gasteiger partial charge >= 0.3 is 6.03 Å². The maximum atomic E-state index is 13.8. The van der Waals surface area contributed by atoms with Crippen LogP contribution in [0.2, 0.25) is 0 Å². The quantitative estimate of drug-likeness (QED) is 0.469. The molecule has 1 unspecified atom stereocenters. The summed E-state index contributed by atoms with van der Waals surface area (Å²) in [4.78, 5) is 30.7. The van der Waals surface area contributed by atoms with Crippen molar-refractivity contribution in [2.45, 2.75) is 70.0 Å². The molecule has 0 radical (unpaired) electrons. The Morgan fingerprint density at radius 2 is 1.97 bits per heavy atom. The number of piperidine rings is 1. The third-order valence-electron chi connectivity index (χ3n) is 7.15. The van der Waals surface area contributed by atoms with Gasteiger partial charge in [-0.2, -0.15) is 0 Å². The predicted octanol–water partition coefficient (Wildman–Crippen LogP) is 2.69. The monoisotopic (exact) mass is 485 g/mol. The topological polar surface area (TPSA) is 85.9 Å². The molecule has 1 aromatic rings. The Bertz CT molecular complexity index is 882. The van der Waals surface area contributed by atoms with Crippen LogP contribution in [-0.4, -0.2) is 80.9 Å². The fourth-order valence-electron chi connectivity index (χ4n) is 5.43. The van der Waals surface area contributed by atoms with Crippen molar-refractivity contribution in [1.82, 2.24) is 20.9 Å². The number of rotatable bonds is 9. The van der Waals surface area contributed by atoms with Crippen molar-refractivity contribution < 1.29 is 14.3 Å². The fraction of sp³-hybridized carbons (Fsp3) is 0.704. The van der Waals surface area contributed by atoms with Crippen LogP contribution in [0.5, 0.6) is 0 Å². The summed E-state index contributed by atoms with van der Waals surface area (Å²) in [6, 6.07) is 8.77. The first-order valence-electron chi connectivity index (χ1n) is 13.2. The van der Waals surface area contributed by atoms with E-state index in [1.54, 1.807) is 7.11 Å². The van der Waals surface area contributed by atoms with Gasteiger partial charge in [0.2, 0.25) is 5.91 Å². The van der Waals surface area contributed by atoms with Crippen LogP contribution in [0.3, 0.4) is 0 Å². The van der Waals surface area contributed by atoms with Gasteiger partial charge in [0.1, 0.15) is 0 Å². The maximum Gasteiger partial charge on any atom is 0.315 e. The van der Waals surface area contributed by atoms with Gasteiger partial charge in [-0.3, -0.25) is 4.79 Å². The van der Waals surface area contributed by atoms with Gasteiger partial charge < -0.3 is 30.5 Å². The Balaban J connectivity index is 1.39. The van der Waals surface area contributed by atoms with E-state index in [0.717, 1.165) is 45.5 Å². The zero-order valence-corrected chi connectivity index (χ0v) is 21.8. The van der Waals surface area contributed by atoms with Gasteiger partial charge in [-0.25, -0.2) is 4.79 Å². The lowest BCUT2D eigenvalue weighted by atomic mass is 9.93. The van der Waals surface area contributed by atoms with Gasteiger partial charge in [-0.15, -0.1) is 0 Å². The average molecular weight is 486 g/mol. The van der Waals surface area contributed by atoms with Crippen molar-refractivity contribution >= 4 is 17.6 Å². The van der Waals surface area contributed by atoms with Gasteiger partial charge in [0.25, 0.3) is 0 Å². The highest BCUT2D eigenvalue weighted by Crippen LogP contribution is 2.39. The van der Waals surface area contributed by atoms with Crippen LogP contribution in [0.15, 0.2) is 24.3 Å². The number of hydrogen-bond acceptors (Lipinski definition) is 5. The average Bonchev–Trinajstić information content (AvgIpc) is 3.59. The van der Waals surface area contributed by atoms with Crippen molar-refractivity contribution in [2.75, 3.05) is 51.3 Å². The number of hydrogen-bond donors (Lipinski definition) is 3. The fourth-order valence-corrected chi connectivity index (χ4v) is 5.43. The number of urea groups is 1. The largest absolute Gasteiger partial charge is 0.385 e. The van der Waals surface area contributed by atoms with E-state index in [1.807, 2.05) is 20.8 Å².